The van der Waals surface area contributed by atoms with Gasteiger partial charge in [0.2, 0.25) is 11.8 Å². The summed E-state index contributed by atoms with van der Waals surface area (Å²) in [6.07, 6.45) is 0.809. The van der Waals surface area contributed by atoms with Gasteiger partial charge in [-0.25, -0.2) is 0 Å². The smallest absolute Gasteiger partial charge is 0.305 e. The molecule has 2 aliphatic heterocycles. The van der Waals surface area contributed by atoms with E-state index in [0.717, 1.165) is 27.5 Å². The standard InChI is InChI=1S/C36H33N3O6S2/c1-3-44-25-15-19(12-13-24(25)45-17-26(40)37-20-9-7-8-18(2)14-20)27-28-22-16-23(31(28)46-33-32(27)47-36(43)38-33)30-29(22)34(41)39(35(30)42)21-10-5-4-6-11-21/h4-15,22-23,27-31H,3,16-17H2,1-2H3,(H,37,40)(H,38,43)/t22-,23-,27+,28-,29+,30+,31-/m1/s1. The molecule has 1 aromatic heterocycles. The maximum Gasteiger partial charge on any atom is 0.305 e. The maximum atomic E-state index is 14.0. The predicted octanol–water partition coefficient (Wildman–Crippen LogP) is 5.84. The Kier molecular flexibility index (Phi) is 7.48. The second kappa shape index (κ2) is 11.7. The van der Waals surface area contributed by atoms with Gasteiger partial charge in [0, 0.05) is 21.7 Å². The molecule has 3 fully saturated rings. The van der Waals surface area contributed by atoms with Crippen LogP contribution in [0.15, 0.2) is 82.6 Å². The Bertz CT molecular complexity index is 1960. The van der Waals surface area contributed by atoms with Gasteiger partial charge < -0.3 is 19.8 Å². The third-order valence-corrected chi connectivity index (χ3v) is 12.6. The normalized spacial score (nSPS) is 26.9. The highest BCUT2D eigenvalue weighted by atomic mass is 32.2. The number of nitrogens with one attached hydrogen (secondary N) is 2. The number of thiazole rings is 1. The molecule has 3 aromatic carbocycles. The first kappa shape index (κ1) is 30.0. The van der Waals surface area contributed by atoms with Crippen molar-refractivity contribution >= 4 is 52.2 Å². The van der Waals surface area contributed by atoms with E-state index in [0.29, 0.717) is 29.5 Å². The molecule has 47 heavy (non-hydrogen) atoms. The topological polar surface area (TPSA) is 118 Å². The molecular formula is C36H33N3O6S2. The minimum Gasteiger partial charge on any atom is -0.490 e. The summed E-state index contributed by atoms with van der Waals surface area (Å²) >= 11 is 2.88. The molecule has 0 unspecified atom stereocenters. The molecule has 2 bridgehead atoms. The third-order valence-electron chi connectivity index (χ3n) is 10.0. The Morgan fingerprint density at radius 2 is 1.72 bits per heavy atom. The first-order chi connectivity index (χ1) is 22.8. The van der Waals surface area contributed by atoms with E-state index in [9.17, 15) is 19.2 Å². The van der Waals surface area contributed by atoms with Crippen molar-refractivity contribution in [2.24, 2.45) is 29.6 Å². The average molecular weight is 668 g/mol. The lowest BCUT2D eigenvalue weighted by Gasteiger charge is -2.43. The number of anilines is 2. The molecule has 8 rings (SSSR count). The fourth-order valence-corrected chi connectivity index (χ4v) is 11.3. The Labute approximate surface area is 279 Å². The van der Waals surface area contributed by atoms with Crippen LogP contribution in [-0.2, 0) is 14.4 Å². The van der Waals surface area contributed by atoms with Gasteiger partial charge in [0.05, 0.1) is 29.2 Å². The molecule has 2 N–H and O–H groups in total. The van der Waals surface area contributed by atoms with Gasteiger partial charge in [0.15, 0.2) is 18.1 Å². The number of nitrogens with zero attached hydrogens (tertiary/aromatic N) is 1. The SMILES string of the molecule is CCOc1cc([C@@H]2c3sc(=O)[nH]c3S[C@@H]3[C@@H]4C[C@@H]([C@@H]5C(=O)N(c6ccccc6)C(=O)[C@@H]45)[C@H]23)ccc1OCC(=O)Nc1cccc(C)c1. The molecule has 9 nitrogen and oxygen atoms in total. The summed E-state index contributed by atoms with van der Waals surface area (Å²) in [4.78, 5) is 58.5. The minimum absolute atomic E-state index is 0.000182. The number of rotatable bonds is 8. The van der Waals surface area contributed by atoms with Crippen molar-refractivity contribution < 1.29 is 23.9 Å². The number of thioether (sulfide) groups is 1. The van der Waals surface area contributed by atoms with Crippen molar-refractivity contribution in [1.82, 2.24) is 4.98 Å². The lowest BCUT2D eigenvalue weighted by atomic mass is 9.68. The van der Waals surface area contributed by atoms with Gasteiger partial charge in [0.25, 0.3) is 5.91 Å². The highest BCUT2D eigenvalue weighted by molar-refractivity contribution is 8.00. The molecule has 11 heteroatoms. The minimum atomic E-state index is -0.379. The molecule has 2 aliphatic carbocycles. The molecule has 7 atom stereocenters. The number of carbonyl (C=O) groups is 3. The number of ether oxygens (including phenoxy) is 2. The van der Waals surface area contributed by atoms with Crippen LogP contribution >= 0.6 is 23.1 Å². The Morgan fingerprint density at radius 3 is 2.49 bits per heavy atom. The van der Waals surface area contributed by atoms with Gasteiger partial charge in [-0.2, -0.15) is 0 Å². The van der Waals surface area contributed by atoms with Crippen LogP contribution in [0, 0.1) is 36.5 Å². The third kappa shape index (κ3) is 4.98. The molecule has 4 aromatic rings. The van der Waals surface area contributed by atoms with Crippen molar-refractivity contribution in [3.8, 4) is 11.5 Å². The van der Waals surface area contributed by atoms with Crippen molar-refractivity contribution in [3.05, 3.63) is 98.5 Å². The summed E-state index contributed by atoms with van der Waals surface area (Å²) in [5.41, 5.74) is 3.32. The summed E-state index contributed by atoms with van der Waals surface area (Å²) in [6, 6.07) is 22.5. The average Bonchev–Trinajstić information content (AvgIpc) is 3.79. The first-order valence-corrected chi connectivity index (χ1v) is 17.6. The van der Waals surface area contributed by atoms with Crippen LogP contribution in [0.5, 0.6) is 11.5 Å². The quantitative estimate of drug-likeness (QED) is 0.227. The van der Waals surface area contributed by atoms with Crippen molar-refractivity contribution in [2.45, 2.75) is 36.5 Å². The van der Waals surface area contributed by atoms with Gasteiger partial charge >= 0.3 is 4.87 Å². The number of carbonyl (C=O) groups excluding carboxylic acids is 3. The summed E-state index contributed by atoms with van der Waals surface area (Å²) in [6.45, 7) is 4.05. The Balaban J connectivity index is 1.10. The first-order valence-electron chi connectivity index (χ1n) is 15.9. The van der Waals surface area contributed by atoms with Gasteiger partial charge in [-0.15, -0.1) is 11.8 Å². The molecule has 2 saturated carbocycles. The van der Waals surface area contributed by atoms with Crippen LogP contribution in [0.25, 0.3) is 0 Å². The highest BCUT2D eigenvalue weighted by Crippen LogP contribution is 2.68. The van der Waals surface area contributed by atoms with E-state index < -0.39 is 0 Å². The lowest BCUT2D eigenvalue weighted by Crippen LogP contribution is -2.42. The largest absolute Gasteiger partial charge is 0.490 e. The van der Waals surface area contributed by atoms with E-state index in [2.05, 4.69) is 10.3 Å². The van der Waals surface area contributed by atoms with E-state index in [4.69, 9.17) is 9.47 Å². The van der Waals surface area contributed by atoms with Crippen LogP contribution in [0.4, 0.5) is 11.4 Å². The maximum absolute atomic E-state index is 14.0. The van der Waals surface area contributed by atoms with Crippen molar-refractivity contribution in [3.63, 3.8) is 0 Å². The Morgan fingerprint density at radius 1 is 0.936 bits per heavy atom. The zero-order chi connectivity index (χ0) is 32.4. The predicted molar refractivity (Wildman–Crippen MR) is 180 cm³/mol. The molecular weight excluding hydrogens is 635 g/mol. The summed E-state index contributed by atoms with van der Waals surface area (Å²) < 4.78 is 12.0. The molecule has 3 heterocycles. The summed E-state index contributed by atoms with van der Waals surface area (Å²) in [7, 11) is 0. The molecule has 3 amide bonds. The molecule has 4 aliphatic rings. The van der Waals surface area contributed by atoms with Gasteiger partial charge in [-0.1, -0.05) is 47.7 Å². The number of aromatic nitrogens is 1. The number of amides is 3. The zero-order valence-electron chi connectivity index (χ0n) is 25.8. The molecule has 0 radical (unpaired) electrons. The van der Waals surface area contributed by atoms with Crippen LogP contribution in [0.1, 0.15) is 35.3 Å². The highest BCUT2D eigenvalue weighted by Gasteiger charge is 2.69. The Hall–Kier alpha value is -4.35. The van der Waals surface area contributed by atoms with E-state index in [-0.39, 0.29) is 70.0 Å². The number of para-hydroxylation sites is 1. The van der Waals surface area contributed by atoms with Gasteiger partial charge in [-0.3, -0.25) is 24.1 Å². The number of hydrogen-bond acceptors (Lipinski definition) is 8. The zero-order valence-corrected chi connectivity index (χ0v) is 27.4. The number of benzene rings is 3. The fourth-order valence-electron chi connectivity index (χ4n) is 8.39. The number of hydrogen-bond donors (Lipinski definition) is 2. The number of H-pyrrole nitrogens is 1. The van der Waals surface area contributed by atoms with Crippen molar-refractivity contribution in [2.75, 3.05) is 23.4 Å². The second-order valence-electron chi connectivity index (χ2n) is 12.7. The van der Waals surface area contributed by atoms with Crippen molar-refractivity contribution in [1.29, 1.82) is 0 Å². The van der Waals surface area contributed by atoms with Crippen LogP contribution < -0.4 is 24.6 Å². The van der Waals surface area contributed by atoms with E-state index >= 15 is 0 Å². The van der Waals surface area contributed by atoms with Crippen LogP contribution in [0.3, 0.4) is 0 Å². The van der Waals surface area contributed by atoms with Crippen LogP contribution in [0.2, 0.25) is 0 Å². The number of fused-ring (bicyclic) bond motifs is 9. The molecule has 0 spiro atoms. The van der Waals surface area contributed by atoms with E-state index in [1.165, 1.54) is 16.2 Å². The number of imide groups is 1. The molecule has 240 valence electrons. The van der Waals surface area contributed by atoms with Gasteiger partial charge in [-0.05, 0) is 85.5 Å². The van der Waals surface area contributed by atoms with E-state index in [1.807, 2.05) is 86.6 Å². The summed E-state index contributed by atoms with van der Waals surface area (Å²) in [5.74, 6) is -0.357. The monoisotopic (exact) mass is 667 g/mol. The fraction of sp³-hybridized carbons (Fsp3) is 0.333. The van der Waals surface area contributed by atoms with Gasteiger partial charge in [0.1, 0.15) is 0 Å². The second-order valence-corrected chi connectivity index (χ2v) is 14.9. The molecule has 1 saturated heterocycles. The number of aryl methyl sites for hydroxylation is 1. The van der Waals surface area contributed by atoms with E-state index in [1.54, 1.807) is 11.8 Å². The lowest BCUT2D eigenvalue weighted by molar-refractivity contribution is -0.123. The van der Waals surface area contributed by atoms with Crippen LogP contribution in [-0.4, -0.2) is 41.2 Å². The summed E-state index contributed by atoms with van der Waals surface area (Å²) in [5, 5.41) is 3.79. The number of aromatic amines is 1.